The number of carbonyl (C=O) groups excluding carboxylic acids is 1. The van der Waals surface area contributed by atoms with Crippen LogP contribution in [0.1, 0.15) is 15.9 Å². The molecule has 0 aliphatic carbocycles. The molecule has 2 aromatic carbocycles. The zero-order valence-electron chi connectivity index (χ0n) is 15.2. The Morgan fingerprint density at radius 1 is 1.18 bits per heavy atom. The molecular weight excluding hydrogens is 382 g/mol. The van der Waals surface area contributed by atoms with E-state index in [1.54, 1.807) is 6.07 Å². The van der Waals surface area contributed by atoms with Gasteiger partial charge in [0.15, 0.2) is 0 Å². The number of amides is 1. The van der Waals surface area contributed by atoms with E-state index >= 15 is 0 Å². The maximum absolute atomic E-state index is 13.0. The van der Waals surface area contributed by atoms with Gasteiger partial charge in [0.05, 0.1) is 32.0 Å². The van der Waals surface area contributed by atoms with Crippen molar-refractivity contribution in [3.8, 4) is 11.8 Å². The molecule has 146 valence electrons. The SMILES string of the molecule is COc1ccc(NC(=O)c2ccc(C#N)cc2)cc1S(=O)(=O)N1CCOCC1. The Morgan fingerprint density at radius 2 is 1.86 bits per heavy atom. The second kappa shape index (κ2) is 8.39. The summed E-state index contributed by atoms with van der Waals surface area (Å²) in [5.74, 6) is -0.216. The van der Waals surface area contributed by atoms with Gasteiger partial charge in [-0.3, -0.25) is 4.79 Å². The molecule has 8 nitrogen and oxygen atoms in total. The third kappa shape index (κ3) is 4.14. The molecule has 2 aromatic rings. The first-order chi connectivity index (χ1) is 13.5. The molecular formula is C19H19N3O5S. The van der Waals surface area contributed by atoms with E-state index in [1.807, 2.05) is 6.07 Å². The smallest absolute Gasteiger partial charge is 0.255 e. The summed E-state index contributed by atoms with van der Waals surface area (Å²) in [6, 6.07) is 12.6. The maximum atomic E-state index is 13.0. The molecule has 9 heteroatoms. The van der Waals surface area contributed by atoms with Crippen LogP contribution in [0.5, 0.6) is 5.75 Å². The predicted molar refractivity (Wildman–Crippen MR) is 102 cm³/mol. The van der Waals surface area contributed by atoms with Crippen molar-refractivity contribution in [2.45, 2.75) is 4.90 Å². The van der Waals surface area contributed by atoms with Gasteiger partial charge < -0.3 is 14.8 Å². The van der Waals surface area contributed by atoms with E-state index in [0.29, 0.717) is 30.0 Å². The first-order valence-electron chi connectivity index (χ1n) is 8.53. The lowest BCUT2D eigenvalue weighted by Gasteiger charge is -2.26. The minimum absolute atomic E-state index is 0.0190. The summed E-state index contributed by atoms with van der Waals surface area (Å²) in [5, 5.41) is 11.5. The molecule has 0 radical (unpaired) electrons. The Hall–Kier alpha value is -2.93. The van der Waals surface area contributed by atoms with Gasteiger partial charge in [0.25, 0.3) is 5.91 Å². The quantitative estimate of drug-likeness (QED) is 0.819. The number of rotatable bonds is 5. The Balaban J connectivity index is 1.88. The molecule has 0 atom stereocenters. The number of nitrogens with zero attached hydrogens (tertiary/aromatic N) is 2. The van der Waals surface area contributed by atoms with E-state index in [2.05, 4.69) is 5.32 Å². The topological polar surface area (TPSA) is 109 Å². The Kier molecular flexibility index (Phi) is 5.94. The predicted octanol–water partition coefficient (Wildman–Crippen LogP) is 1.84. The lowest BCUT2D eigenvalue weighted by atomic mass is 10.1. The van der Waals surface area contributed by atoms with Gasteiger partial charge in [-0.05, 0) is 42.5 Å². The fourth-order valence-corrected chi connectivity index (χ4v) is 4.37. The van der Waals surface area contributed by atoms with Gasteiger partial charge in [0, 0.05) is 24.3 Å². The summed E-state index contributed by atoms with van der Waals surface area (Å²) < 4.78 is 37.7. The van der Waals surface area contributed by atoms with Crippen molar-refractivity contribution < 1.29 is 22.7 Å². The maximum Gasteiger partial charge on any atom is 0.255 e. The van der Waals surface area contributed by atoms with Crippen LogP contribution < -0.4 is 10.1 Å². The average molecular weight is 401 g/mol. The number of benzene rings is 2. The average Bonchev–Trinajstić information content (AvgIpc) is 2.74. The summed E-state index contributed by atoms with van der Waals surface area (Å²) >= 11 is 0. The molecule has 1 N–H and O–H groups in total. The third-order valence-electron chi connectivity index (χ3n) is 4.29. The largest absolute Gasteiger partial charge is 0.495 e. The molecule has 1 aliphatic rings. The number of nitrogens with one attached hydrogen (secondary N) is 1. The molecule has 0 bridgehead atoms. The standard InChI is InChI=1S/C19H19N3O5S/c1-26-17-7-6-16(21-19(23)15-4-2-14(13-20)3-5-15)12-18(17)28(24,25)22-8-10-27-11-9-22/h2-7,12H,8-11H2,1H3,(H,21,23). The molecule has 3 rings (SSSR count). The van der Waals surface area contributed by atoms with Crippen LogP contribution in [0.3, 0.4) is 0 Å². The Bertz CT molecular complexity index is 1010. The van der Waals surface area contributed by atoms with Gasteiger partial charge in [-0.1, -0.05) is 0 Å². The van der Waals surface area contributed by atoms with Crippen LogP contribution in [-0.4, -0.2) is 52.0 Å². The van der Waals surface area contributed by atoms with Crippen LogP contribution in [0.4, 0.5) is 5.69 Å². The number of hydrogen-bond acceptors (Lipinski definition) is 6. The van der Waals surface area contributed by atoms with Gasteiger partial charge in [-0.15, -0.1) is 0 Å². The lowest BCUT2D eigenvalue weighted by molar-refractivity contribution is 0.0729. The fourth-order valence-electron chi connectivity index (χ4n) is 2.78. The number of anilines is 1. The summed E-state index contributed by atoms with van der Waals surface area (Å²) in [6.45, 7) is 1.17. The van der Waals surface area contributed by atoms with Crippen LogP contribution in [0.2, 0.25) is 0 Å². The fraction of sp³-hybridized carbons (Fsp3) is 0.263. The molecule has 0 unspecified atom stereocenters. The van der Waals surface area contributed by atoms with Crippen LogP contribution in [0, 0.1) is 11.3 Å². The number of ether oxygens (including phenoxy) is 2. The molecule has 1 aliphatic heterocycles. The van der Waals surface area contributed by atoms with Gasteiger partial charge in [-0.2, -0.15) is 9.57 Å². The van der Waals surface area contributed by atoms with Crippen LogP contribution >= 0.6 is 0 Å². The van der Waals surface area contributed by atoms with E-state index in [4.69, 9.17) is 14.7 Å². The van der Waals surface area contributed by atoms with Gasteiger partial charge in [-0.25, -0.2) is 8.42 Å². The number of sulfonamides is 1. The van der Waals surface area contributed by atoms with Crippen molar-refractivity contribution in [2.24, 2.45) is 0 Å². The number of carbonyl (C=O) groups is 1. The van der Waals surface area contributed by atoms with E-state index < -0.39 is 15.9 Å². The molecule has 1 amide bonds. The molecule has 0 spiro atoms. The van der Waals surface area contributed by atoms with Crippen molar-refractivity contribution in [1.29, 1.82) is 5.26 Å². The van der Waals surface area contributed by atoms with Crippen LogP contribution in [-0.2, 0) is 14.8 Å². The zero-order chi connectivity index (χ0) is 20.1. The van der Waals surface area contributed by atoms with E-state index in [-0.39, 0.29) is 23.7 Å². The summed E-state index contributed by atoms with van der Waals surface area (Å²) in [4.78, 5) is 12.4. The molecule has 1 fully saturated rings. The summed E-state index contributed by atoms with van der Waals surface area (Å²) in [6.07, 6.45) is 0. The molecule has 1 saturated heterocycles. The molecule has 28 heavy (non-hydrogen) atoms. The highest BCUT2D eigenvalue weighted by Gasteiger charge is 2.29. The first kappa shape index (κ1) is 19.8. The molecule has 0 aromatic heterocycles. The lowest BCUT2D eigenvalue weighted by Crippen LogP contribution is -2.40. The Labute approximate surface area is 163 Å². The highest BCUT2D eigenvalue weighted by Crippen LogP contribution is 2.30. The van der Waals surface area contributed by atoms with E-state index in [1.165, 1.54) is 47.8 Å². The van der Waals surface area contributed by atoms with Crippen LogP contribution in [0.15, 0.2) is 47.4 Å². The van der Waals surface area contributed by atoms with E-state index in [0.717, 1.165) is 0 Å². The highest BCUT2D eigenvalue weighted by atomic mass is 32.2. The molecule has 1 heterocycles. The minimum atomic E-state index is -3.80. The van der Waals surface area contributed by atoms with Crippen molar-refractivity contribution in [3.05, 3.63) is 53.6 Å². The van der Waals surface area contributed by atoms with Crippen molar-refractivity contribution in [3.63, 3.8) is 0 Å². The second-order valence-corrected chi connectivity index (χ2v) is 7.93. The highest BCUT2D eigenvalue weighted by molar-refractivity contribution is 7.89. The third-order valence-corrected chi connectivity index (χ3v) is 6.21. The summed E-state index contributed by atoms with van der Waals surface area (Å²) in [5.41, 5.74) is 1.12. The number of nitriles is 1. The van der Waals surface area contributed by atoms with Crippen LogP contribution in [0.25, 0.3) is 0 Å². The zero-order valence-corrected chi connectivity index (χ0v) is 16.0. The molecule has 0 saturated carbocycles. The van der Waals surface area contributed by atoms with E-state index in [9.17, 15) is 13.2 Å². The Morgan fingerprint density at radius 3 is 2.46 bits per heavy atom. The van der Waals surface area contributed by atoms with Crippen molar-refractivity contribution in [1.82, 2.24) is 4.31 Å². The monoisotopic (exact) mass is 401 g/mol. The van der Waals surface area contributed by atoms with Gasteiger partial charge >= 0.3 is 0 Å². The van der Waals surface area contributed by atoms with Crippen molar-refractivity contribution in [2.75, 3.05) is 38.7 Å². The number of methoxy groups -OCH3 is 1. The first-order valence-corrected chi connectivity index (χ1v) is 9.97. The second-order valence-electron chi connectivity index (χ2n) is 6.03. The summed E-state index contributed by atoms with van der Waals surface area (Å²) in [7, 11) is -2.40. The number of hydrogen-bond donors (Lipinski definition) is 1. The number of morpholine rings is 1. The van der Waals surface area contributed by atoms with Crippen molar-refractivity contribution >= 4 is 21.6 Å². The normalized spacial score (nSPS) is 14.9. The van der Waals surface area contributed by atoms with Gasteiger partial charge in [0.2, 0.25) is 10.0 Å². The minimum Gasteiger partial charge on any atom is -0.495 e. The van der Waals surface area contributed by atoms with Gasteiger partial charge in [0.1, 0.15) is 10.6 Å².